The Hall–Kier alpha value is -1.00. The maximum Gasteiger partial charge on any atom is 0.283 e. The molecule has 1 N–H and O–H groups in total. The molecule has 1 heterocycles. The summed E-state index contributed by atoms with van der Waals surface area (Å²) in [5.74, 6) is 0.494. The summed E-state index contributed by atoms with van der Waals surface area (Å²) >= 11 is 1.19. The van der Waals surface area contributed by atoms with Crippen molar-refractivity contribution in [2.75, 3.05) is 12.3 Å². The molecule has 0 saturated carbocycles. The van der Waals surface area contributed by atoms with Crippen molar-refractivity contribution in [2.24, 2.45) is 0 Å². The summed E-state index contributed by atoms with van der Waals surface area (Å²) in [7, 11) is 0. The van der Waals surface area contributed by atoms with Crippen molar-refractivity contribution < 1.29 is 9.90 Å². The van der Waals surface area contributed by atoms with Crippen molar-refractivity contribution in [2.45, 2.75) is 12.6 Å². The lowest BCUT2D eigenvalue weighted by Crippen LogP contribution is -2.34. The van der Waals surface area contributed by atoms with Crippen molar-refractivity contribution in [1.29, 1.82) is 0 Å². The highest BCUT2D eigenvalue weighted by Crippen LogP contribution is 2.22. The van der Waals surface area contributed by atoms with Crippen LogP contribution in [-0.2, 0) is 6.42 Å². The molecule has 0 radical (unpaired) electrons. The van der Waals surface area contributed by atoms with E-state index >= 15 is 0 Å². The largest absolute Gasteiger partial charge is 0.373 e. The van der Waals surface area contributed by atoms with Crippen LogP contribution in [0.4, 0.5) is 4.79 Å². The standard InChI is InChI=1S/C11H13NO2S/c13-10-8-15-11(14)12(10)7-6-9-4-2-1-3-5-9/h1-5,10,13H,6-8H2. The van der Waals surface area contributed by atoms with Gasteiger partial charge in [0.15, 0.2) is 0 Å². The molecule has 1 saturated heterocycles. The molecule has 1 aliphatic rings. The molecule has 1 amide bonds. The van der Waals surface area contributed by atoms with E-state index in [1.807, 2.05) is 30.3 Å². The second-order valence-electron chi connectivity index (χ2n) is 3.49. The summed E-state index contributed by atoms with van der Waals surface area (Å²) < 4.78 is 0. The van der Waals surface area contributed by atoms with Gasteiger partial charge in [0.1, 0.15) is 6.23 Å². The topological polar surface area (TPSA) is 40.5 Å². The molecular formula is C11H13NO2S. The molecule has 0 spiro atoms. The highest BCUT2D eigenvalue weighted by Gasteiger charge is 2.29. The zero-order valence-corrected chi connectivity index (χ0v) is 9.11. The van der Waals surface area contributed by atoms with Crippen molar-refractivity contribution >= 4 is 17.0 Å². The highest BCUT2D eigenvalue weighted by molar-refractivity contribution is 8.13. The third-order valence-electron chi connectivity index (χ3n) is 2.43. The number of hydrogen-bond acceptors (Lipinski definition) is 3. The number of hydrogen-bond donors (Lipinski definition) is 1. The first-order valence-electron chi connectivity index (χ1n) is 4.93. The predicted octanol–water partition coefficient (Wildman–Crippen LogP) is 1.72. The Kier molecular flexibility index (Phi) is 3.28. The molecule has 4 heteroatoms. The molecule has 1 aromatic rings. The Labute approximate surface area is 93.1 Å². The minimum atomic E-state index is -0.605. The summed E-state index contributed by atoms with van der Waals surface area (Å²) in [4.78, 5) is 12.9. The van der Waals surface area contributed by atoms with Crippen LogP contribution in [0.1, 0.15) is 5.56 Å². The second-order valence-corrected chi connectivity index (χ2v) is 4.46. The van der Waals surface area contributed by atoms with E-state index in [-0.39, 0.29) is 5.24 Å². The first-order chi connectivity index (χ1) is 7.27. The van der Waals surface area contributed by atoms with Gasteiger partial charge >= 0.3 is 0 Å². The first-order valence-corrected chi connectivity index (χ1v) is 5.91. The van der Waals surface area contributed by atoms with E-state index in [4.69, 9.17) is 0 Å². The second kappa shape index (κ2) is 4.68. The highest BCUT2D eigenvalue weighted by atomic mass is 32.2. The Morgan fingerprint density at radius 2 is 2.13 bits per heavy atom. The summed E-state index contributed by atoms with van der Waals surface area (Å²) in [5.41, 5.74) is 1.19. The van der Waals surface area contributed by atoms with Crippen molar-refractivity contribution in [3.05, 3.63) is 35.9 Å². The molecule has 2 rings (SSSR count). The van der Waals surface area contributed by atoms with Gasteiger partial charge in [-0.05, 0) is 12.0 Å². The van der Waals surface area contributed by atoms with E-state index in [9.17, 15) is 9.90 Å². The van der Waals surface area contributed by atoms with Crippen LogP contribution in [0.25, 0.3) is 0 Å². The number of aliphatic hydroxyl groups is 1. The molecule has 15 heavy (non-hydrogen) atoms. The van der Waals surface area contributed by atoms with E-state index in [2.05, 4.69) is 0 Å². The van der Waals surface area contributed by atoms with Gasteiger partial charge in [0.2, 0.25) is 0 Å². The summed E-state index contributed by atoms with van der Waals surface area (Å²) in [6.45, 7) is 0.594. The molecule has 1 fully saturated rings. The summed E-state index contributed by atoms with van der Waals surface area (Å²) in [5, 5.41) is 9.51. The molecule has 1 atom stereocenters. The average molecular weight is 223 g/mol. The van der Waals surface area contributed by atoms with Gasteiger partial charge in [0.25, 0.3) is 5.24 Å². The minimum absolute atomic E-state index is 0.0153. The van der Waals surface area contributed by atoms with Crippen molar-refractivity contribution in [3.8, 4) is 0 Å². The fourth-order valence-electron chi connectivity index (χ4n) is 1.57. The van der Waals surface area contributed by atoms with Crippen molar-refractivity contribution in [1.82, 2.24) is 4.90 Å². The smallest absolute Gasteiger partial charge is 0.283 e. The number of benzene rings is 1. The number of carbonyl (C=O) groups excluding carboxylic acids is 1. The molecule has 0 bridgehead atoms. The lowest BCUT2D eigenvalue weighted by molar-refractivity contribution is 0.0666. The molecule has 1 aliphatic heterocycles. The molecule has 0 aliphatic carbocycles. The number of carbonyl (C=O) groups is 1. The normalized spacial score (nSPS) is 21.0. The SMILES string of the molecule is O=C1SCC(O)N1CCc1ccccc1. The van der Waals surface area contributed by atoms with Crippen LogP contribution in [0.5, 0.6) is 0 Å². The van der Waals surface area contributed by atoms with Gasteiger partial charge in [0.05, 0.1) is 0 Å². The van der Waals surface area contributed by atoms with Gasteiger partial charge < -0.3 is 10.0 Å². The molecule has 1 aromatic carbocycles. The van der Waals surface area contributed by atoms with Crippen LogP contribution in [0.3, 0.4) is 0 Å². The third kappa shape index (κ3) is 2.52. The zero-order valence-electron chi connectivity index (χ0n) is 8.30. The Morgan fingerprint density at radius 1 is 1.40 bits per heavy atom. The lowest BCUT2D eigenvalue weighted by atomic mass is 10.1. The first kappa shape index (κ1) is 10.5. The molecule has 0 aromatic heterocycles. The molecular weight excluding hydrogens is 210 g/mol. The Balaban J connectivity index is 1.91. The van der Waals surface area contributed by atoms with Gasteiger partial charge in [0, 0.05) is 12.3 Å². The minimum Gasteiger partial charge on any atom is -0.373 e. The van der Waals surface area contributed by atoms with Crippen LogP contribution in [0.15, 0.2) is 30.3 Å². The molecule has 3 nitrogen and oxygen atoms in total. The fourth-order valence-corrected chi connectivity index (χ4v) is 2.43. The van der Waals surface area contributed by atoms with Gasteiger partial charge in [-0.1, -0.05) is 42.1 Å². The summed E-state index contributed by atoms with van der Waals surface area (Å²) in [6.07, 6.45) is 0.190. The maximum absolute atomic E-state index is 11.3. The van der Waals surface area contributed by atoms with E-state index in [1.54, 1.807) is 0 Å². The monoisotopic (exact) mass is 223 g/mol. The Morgan fingerprint density at radius 3 is 2.73 bits per heavy atom. The lowest BCUT2D eigenvalue weighted by Gasteiger charge is -2.18. The van der Waals surface area contributed by atoms with Crippen LogP contribution < -0.4 is 0 Å². The number of rotatable bonds is 3. The molecule has 80 valence electrons. The van der Waals surface area contributed by atoms with E-state index < -0.39 is 6.23 Å². The van der Waals surface area contributed by atoms with E-state index in [0.717, 1.165) is 6.42 Å². The quantitative estimate of drug-likeness (QED) is 0.848. The van der Waals surface area contributed by atoms with Crippen molar-refractivity contribution in [3.63, 3.8) is 0 Å². The van der Waals surface area contributed by atoms with Gasteiger partial charge in [-0.25, -0.2) is 0 Å². The molecule has 1 unspecified atom stereocenters. The van der Waals surface area contributed by atoms with Crippen LogP contribution in [-0.4, -0.2) is 33.8 Å². The third-order valence-corrected chi connectivity index (χ3v) is 3.38. The fraction of sp³-hybridized carbons (Fsp3) is 0.364. The number of aliphatic hydroxyl groups excluding tert-OH is 1. The maximum atomic E-state index is 11.3. The number of thioether (sulfide) groups is 1. The average Bonchev–Trinajstić information content (AvgIpc) is 2.58. The zero-order chi connectivity index (χ0) is 10.7. The number of nitrogens with zero attached hydrogens (tertiary/aromatic N) is 1. The summed E-state index contributed by atoms with van der Waals surface area (Å²) in [6, 6.07) is 9.98. The van der Waals surface area contributed by atoms with Crippen LogP contribution in [0, 0.1) is 0 Å². The van der Waals surface area contributed by atoms with E-state index in [0.29, 0.717) is 12.3 Å². The predicted molar refractivity (Wildman–Crippen MR) is 60.7 cm³/mol. The van der Waals surface area contributed by atoms with Gasteiger partial charge in [-0.15, -0.1) is 0 Å². The van der Waals surface area contributed by atoms with Gasteiger partial charge in [-0.3, -0.25) is 4.79 Å². The number of amides is 1. The Bertz CT molecular complexity index is 342. The van der Waals surface area contributed by atoms with E-state index in [1.165, 1.54) is 22.2 Å². The van der Waals surface area contributed by atoms with Crippen LogP contribution in [0.2, 0.25) is 0 Å². The van der Waals surface area contributed by atoms with Crippen LogP contribution >= 0.6 is 11.8 Å². The van der Waals surface area contributed by atoms with Gasteiger partial charge in [-0.2, -0.15) is 0 Å².